The molecule has 0 aromatic rings. The Kier molecular flexibility index (Phi) is 12.0. The Morgan fingerprint density at radius 2 is 1.38 bits per heavy atom. The highest BCUT2D eigenvalue weighted by molar-refractivity contribution is 6.94. The first-order chi connectivity index (χ1) is 6.35. The summed E-state index contributed by atoms with van der Waals surface area (Å²) in [6, 6.07) is 0. The van der Waals surface area contributed by atoms with E-state index in [0.29, 0.717) is 0 Å². The lowest BCUT2D eigenvalue weighted by Crippen LogP contribution is -1.98. The Labute approximate surface area is 97.3 Å². The quantitative estimate of drug-likeness (QED) is 0.383. The molecule has 13 heavy (non-hydrogen) atoms. The first-order valence-corrected chi connectivity index (χ1v) is 8.86. The van der Waals surface area contributed by atoms with E-state index in [1.165, 1.54) is 51.4 Å². The van der Waals surface area contributed by atoms with Crippen LogP contribution in [0.4, 0.5) is 0 Å². The molecular formula is C11H23ClMg. The highest BCUT2D eigenvalue weighted by atomic mass is 35.5. The summed E-state index contributed by atoms with van der Waals surface area (Å²) in [6.07, 6.45) is 11.1. The minimum Gasteiger partial charge on any atom is -0.346 e. The number of hydrogen-bond acceptors (Lipinski definition) is 0. The summed E-state index contributed by atoms with van der Waals surface area (Å²) in [6.45, 7) is 4.54. The van der Waals surface area contributed by atoms with E-state index in [1.54, 1.807) is 0 Å². The van der Waals surface area contributed by atoms with Gasteiger partial charge < -0.3 is 9.07 Å². The minimum absolute atomic E-state index is 0.256. The van der Waals surface area contributed by atoms with Gasteiger partial charge in [0.25, 0.3) is 0 Å². The SMILES string of the molecule is CCCCC[CH](CCCCC)[Mg][Cl]. The second-order valence-corrected chi connectivity index (χ2v) is 6.40. The molecule has 0 bridgehead atoms. The molecule has 0 saturated heterocycles. The second kappa shape index (κ2) is 11.1. The van der Waals surface area contributed by atoms with Gasteiger partial charge in [-0.25, -0.2) is 0 Å². The number of unbranched alkanes of at least 4 members (excludes halogenated alkanes) is 4. The van der Waals surface area contributed by atoms with Crippen LogP contribution < -0.4 is 0 Å². The molecule has 0 heterocycles. The lowest BCUT2D eigenvalue weighted by atomic mass is 10.1. The van der Waals surface area contributed by atoms with E-state index < -0.39 is 0 Å². The fourth-order valence-electron chi connectivity index (χ4n) is 1.66. The smallest absolute Gasteiger partial charge is 0.346 e. The summed E-state index contributed by atoms with van der Waals surface area (Å²) in [5.74, 6) is 0. The molecule has 0 aromatic carbocycles. The average molecular weight is 215 g/mol. The molecule has 0 amide bonds. The highest BCUT2D eigenvalue weighted by Crippen LogP contribution is 2.22. The van der Waals surface area contributed by atoms with Crippen LogP contribution in [0.5, 0.6) is 0 Å². The Morgan fingerprint density at radius 1 is 0.923 bits per heavy atom. The minimum atomic E-state index is -0.256. The van der Waals surface area contributed by atoms with Crippen molar-refractivity contribution in [3.8, 4) is 0 Å². The largest absolute Gasteiger partial charge is 0.504 e. The van der Waals surface area contributed by atoms with Gasteiger partial charge in [0, 0.05) is 0 Å². The molecule has 2 heteroatoms. The Balaban J connectivity index is 3.28. The van der Waals surface area contributed by atoms with E-state index in [4.69, 9.17) is 9.07 Å². The van der Waals surface area contributed by atoms with Gasteiger partial charge in [0.1, 0.15) is 0 Å². The van der Waals surface area contributed by atoms with Gasteiger partial charge in [-0.15, -0.1) is 4.05 Å². The fourth-order valence-corrected chi connectivity index (χ4v) is 3.48. The van der Waals surface area contributed by atoms with Gasteiger partial charge in [-0.05, 0) is 0 Å². The molecule has 76 valence electrons. The van der Waals surface area contributed by atoms with E-state index in [2.05, 4.69) is 13.8 Å². The summed E-state index contributed by atoms with van der Waals surface area (Å²) >= 11 is -0.256. The zero-order valence-electron chi connectivity index (χ0n) is 9.32. The van der Waals surface area contributed by atoms with Crippen LogP contribution >= 0.6 is 9.07 Å². The van der Waals surface area contributed by atoms with E-state index >= 15 is 0 Å². The van der Waals surface area contributed by atoms with Crippen LogP contribution in [0, 0.1) is 0 Å². The van der Waals surface area contributed by atoms with E-state index in [9.17, 15) is 0 Å². The van der Waals surface area contributed by atoms with Gasteiger partial charge in [0.05, 0.1) is 0 Å². The predicted molar refractivity (Wildman–Crippen MR) is 63.6 cm³/mol. The number of rotatable bonds is 9. The maximum atomic E-state index is 6.06. The van der Waals surface area contributed by atoms with Crippen molar-refractivity contribution in [2.75, 3.05) is 0 Å². The Hall–Kier alpha value is 1.06. The van der Waals surface area contributed by atoms with Crippen molar-refractivity contribution in [1.82, 2.24) is 0 Å². The van der Waals surface area contributed by atoms with Crippen LogP contribution in [-0.4, -0.2) is 19.3 Å². The van der Waals surface area contributed by atoms with Crippen molar-refractivity contribution < 1.29 is 0 Å². The summed E-state index contributed by atoms with van der Waals surface area (Å²) in [5.41, 5.74) is 0. The third kappa shape index (κ3) is 9.36. The molecule has 0 N–H and O–H groups in total. The number of hydrogen-bond donors (Lipinski definition) is 0. The van der Waals surface area contributed by atoms with Crippen molar-refractivity contribution in [2.24, 2.45) is 0 Å². The Morgan fingerprint density at radius 3 is 1.69 bits per heavy atom. The van der Waals surface area contributed by atoms with Crippen LogP contribution in [0.2, 0.25) is 4.05 Å². The molecule has 0 aliphatic heterocycles. The fraction of sp³-hybridized carbons (Fsp3) is 1.00. The van der Waals surface area contributed by atoms with Gasteiger partial charge >= 0.3 is 19.3 Å². The first kappa shape index (κ1) is 14.1. The molecule has 0 aromatic heterocycles. The van der Waals surface area contributed by atoms with Crippen LogP contribution in [0.3, 0.4) is 0 Å². The zero-order valence-corrected chi connectivity index (χ0v) is 11.5. The van der Waals surface area contributed by atoms with E-state index in [-0.39, 0.29) is 19.3 Å². The molecule has 0 rings (SSSR count). The van der Waals surface area contributed by atoms with Crippen molar-refractivity contribution in [2.45, 2.75) is 69.3 Å². The Bertz CT molecular complexity index is 86.1. The molecule has 0 fully saturated rings. The lowest BCUT2D eigenvalue weighted by molar-refractivity contribution is 0.570. The standard InChI is InChI=1S/C11H23.ClH.Mg/c1-3-5-7-9-11-10-8-6-4-2;;/h11H,3-10H2,1-2H3;1H;/q;;+1/p-1. The maximum Gasteiger partial charge on any atom is 0.504 e. The summed E-state index contributed by atoms with van der Waals surface area (Å²) in [4.78, 5) is 0. The van der Waals surface area contributed by atoms with Crippen LogP contribution in [-0.2, 0) is 0 Å². The van der Waals surface area contributed by atoms with Crippen molar-refractivity contribution >= 4 is 28.3 Å². The molecular weight excluding hydrogens is 192 g/mol. The summed E-state index contributed by atoms with van der Waals surface area (Å²) < 4.78 is 0.930. The zero-order chi connectivity index (χ0) is 9.94. The number of halogens is 1. The van der Waals surface area contributed by atoms with Crippen molar-refractivity contribution in [3.63, 3.8) is 0 Å². The normalized spacial score (nSPS) is 10.5. The molecule has 0 aliphatic rings. The molecule has 0 aliphatic carbocycles. The highest BCUT2D eigenvalue weighted by Gasteiger charge is 2.09. The lowest BCUT2D eigenvalue weighted by Gasteiger charge is -2.12. The maximum absolute atomic E-state index is 6.06. The molecule has 0 atom stereocenters. The van der Waals surface area contributed by atoms with E-state index in [1.807, 2.05) is 0 Å². The molecule has 0 saturated carbocycles. The van der Waals surface area contributed by atoms with Crippen LogP contribution in [0.25, 0.3) is 0 Å². The van der Waals surface area contributed by atoms with Crippen LogP contribution in [0.15, 0.2) is 0 Å². The van der Waals surface area contributed by atoms with Crippen LogP contribution in [0.1, 0.15) is 65.2 Å². The monoisotopic (exact) mass is 214 g/mol. The van der Waals surface area contributed by atoms with E-state index in [0.717, 1.165) is 4.05 Å². The molecule has 0 radical (unpaired) electrons. The van der Waals surface area contributed by atoms with Crippen molar-refractivity contribution in [3.05, 3.63) is 0 Å². The third-order valence-corrected chi connectivity index (χ3v) is 5.21. The molecule has 0 nitrogen and oxygen atoms in total. The summed E-state index contributed by atoms with van der Waals surface area (Å²) in [7, 11) is 6.06. The topological polar surface area (TPSA) is 0 Å². The predicted octanol–water partition coefficient (Wildman–Crippen LogP) is 4.79. The summed E-state index contributed by atoms with van der Waals surface area (Å²) in [5, 5.41) is 0. The molecule has 0 unspecified atom stereocenters. The first-order valence-electron chi connectivity index (χ1n) is 5.91. The van der Waals surface area contributed by atoms with Gasteiger partial charge in [0.2, 0.25) is 0 Å². The van der Waals surface area contributed by atoms with Gasteiger partial charge in [0.15, 0.2) is 0 Å². The van der Waals surface area contributed by atoms with Gasteiger partial charge in [-0.3, -0.25) is 0 Å². The third-order valence-electron chi connectivity index (χ3n) is 2.65. The van der Waals surface area contributed by atoms with Crippen molar-refractivity contribution in [1.29, 1.82) is 0 Å². The van der Waals surface area contributed by atoms with Gasteiger partial charge in [-0.2, -0.15) is 0 Å². The second-order valence-electron chi connectivity index (χ2n) is 4.01. The molecule has 0 spiro atoms. The van der Waals surface area contributed by atoms with Gasteiger partial charge in [-0.1, -0.05) is 65.2 Å². The average Bonchev–Trinajstić information content (AvgIpc) is 2.16.